The second kappa shape index (κ2) is 6.93. The van der Waals surface area contributed by atoms with Crippen LogP contribution in [0.2, 0.25) is 0 Å². The van der Waals surface area contributed by atoms with Crippen LogP contribution in [0.3, 0.4) is 0 Å². The van der Waals surface area contributed by atoms with Crippen molar-refractivity contribution in [2.24, 2.45) is 0 Å². The Bertz CT molecular complexity index is 618. The molecule has 0 unspecified atom stereocenters. The summed E-state index contributed by atoms with van der Waals surface area (Å²) in [6.07, 6.45) is 1.08. The number of aryl methyl sites for hydroxylation is 2. The van der Waals surface area contributed by atoms with E-state index >= 15 is 0 Å². The third kappa shape index (κ3) is 4.09. The molecule has 0 spiro atoms. The normalized spacial score (nSPS) is 10.2. The third-order valence-electron chi connectivity index (χ3n) is 3.49. The van der Waals surface area contributed by atoms with E-state index in [1.165, 1.54) is 11.1 Å². The molecule has 0 aliphatic rings. The highest BCUT2D eigenvalue weighted by Crippen LogP contribution is 2.16. The monoisotopic (exact) mass is 282 g/mol. The molecule has 0 bridgehead atoms. The summed E-state index contributed by atoms with van der Waals surface area (Å²) in [6, 6.07) is 13.5. The maximum Gasteiger partial charge on any atom is 0.255 e. The highest BCUT2D eigenvalue weighted by atomic mass is 16.1. The predicted molar refractivity (Wildman–Crippen MR) is 89.1 cm³/mol. The molecule has 2 aromatic rings. The SMILES string of the molecule is CCCNc1ccc(C(=O)Nc2ccc(C)c(C)c2)cc1. The summed E-state index contributed by atoms with van der Waals surface area (Å²) in [6.45, 7) is 7.16. The molecule has 0 aliphatic carbocycles. The van der Waals surface area contributed by atoms with Crippen LogP contribution >= 0.6 is 0 Å². The number of amides is 1. The van der Waals surface area contributed by atoms with Crippen molar-refractivity contribution in [2.45, 2.75) is 27.2 Å². The Morgan fingerprint density at radius 1 is 0.952 bits per heavy atom. The largest absolute Gasteiger partial charge is 0.385 e. The zero-order valence-electron chi connectivity index (χ0n) is 12.9. The average Bonchev–Trinajstić information content (AvgIpc) is 2.49. The maximum atomic E-state index is 12.2. The van der Waals surface area contributed by atoms with Gasteiger partial charge in [-0.05, 0) is 67.8 Å². The van der Waals surface area contributed by atoms with E-state index in [1.54, 1.807) is 0 Å². The third-order valence-corrected chi connectivity index (χ3v) is 3.49. The van der Waals surface area contributed by atoms with Gasteiger partial charge in [0.25, 0.3) is 5.91 Å². The minimum Gasteiger partial charge on any atom is -0.385 e. The molecule has 0 radical (unpaired) electrons. The van der Waals surface area contributed by atoms with Crippen molar-refractivity contribution in [3.63, 3.8) is 0 Å². The van der Waals surface area contributed by atoms with E-state index in [4.69, 9.17) is 0 Å². The van der Waals surface area contributed by atoms with Gasteiger partial charge < -0.3 is 10.6 Å². The van der Waals surface area contributed by atoms with Crippen LogP contribution in [-0.2, 0) is 0 Å². The second-order valence-corrected chi connectivity index (χ2v) is 5.26. The van der Waals surface area contributed by atoms with E-state index in [0.717, 1.165) is 24.3 Å². The Kier molecular flexibility index (Phi) is 4.99. The van der Waals surface area contributed by atoms with Crippen LogP contribution in [0, 0.1) is 13.8 Å². The number of hydrogen-bond acceptors (Lipinski definition) is 2. The van der Waals surface area contributed by atoms with E-state index in [-0.39, 0.29) is 5.91 Å². The minimum absolute atomic E-state index is 0.0831. The van der Waals surface area contributed by atoms with Crippen LogP contribution in [0.15, 0.2) is 42.5 Å². The molecule has 0 heterocycles. The highest BCUT2D eigenvalue weighted by molar-refractivity contribution is 6.04. The molecule has 0 atom stereocenters. The van der Waals surface area contributed by atoms with Crippen LogP contribution < -0.4 is 10.6 Å². The van der Waals surface area contributed by atoms with Crippen LogP contribution in [0.25, 0.3) is 0 Å². The Morgan fingerprint density at radius 3 is 2.24 bits per heavy atom. The van der Waals surface area contributed by atoms with Gasteiger partial charge in [0.2, 0.25) is 0 Å². The number of hydrogen-bond donors (Lipinski definition) is 2. The van der Waals surface area contributed by atoms with Crippen molar-refractivity contribution < 1.29 is 4.79 Å². The minimum atomic E-state index is -0.0831. The first kappa shape index (κ1) is 15.1. The second-order valence-electron chi connectivity index (χ2n) is 5.26. The molecule has 1 amide bonds. The first-order chi connectivity index (χ1) is 10.1. The van der Waals surface area contributed by atoms with Gasteiger partial charge in [0.05, 0.1) is 0 Å². The van der Waals surface area contributed by atoms with Gasteiger partial charge in [-0.2, -0.15) is 0 Å². The molecule has 21 heavy (non-hydrogen) atoms. The van der Waals surface area contributed by atoms with Gasteiger partial charge in [-0.1, -0.05) is 13.0 Å². The fourth-order valence-corrected chi connectivity index (χ4v) is 2.03. The molecular formula is C18H22N2O. The molecule has 0 aliphatic heterocycles. The van der Waals surface area contributed by atoms with Crippen LogP contribution in [0.5, 0.6) is 0 Å². The van der Waals surface area contributed by atoms with E-state index < -0.39 is 0 Å². The van der Waals surface area contributed by atoms with E-state index in [9.17, 15) is 4.79 Å². The zero-order chi connectivity index (χ0) is 15.2. The van der Waals surface area contributed by atoms with Crippen molar-refractivity contribution >= 4 is 17.3 Å². The van der Waals surface area contributed by atoms with Crippen LogP contribution in [0.4, 0.5) is 11.4 Å². The van der Waals surface area contributed by atoms with Crippen molar-refractivity contribution in [1.29, 1.82) is 0 Å². The summed E-state index contributed by atoms with van der Waals surface area (Å²) < 4.78 is 0. The first-order valence-electron chi connectivity index (χ1n) is 7.32. The topological polar surface area (TPSA) is 41.1 Å². The Balaban J connectivity index is 2.04. The summed E-state index contributed by atoms with van der Waals surface area (Å²) in [5.41, 5.74) is 4.93. The summed E-state index contributed by atoms with van der Waals surface area (Å²) in [7, 11) is 0. The summed E-state index contributed by atoms with van der Waals surface area (Å²) in [4.78, 5) is 12.2. The molecule has 0 saturated heterocycles. The number of anilines is 2. The van der Waals surface area contributed by atoms with Gasteiger partial charge in [0.15, 0.2) is 0 Å². The average molecular weight is 282 g/mol. The summed E-state index contributed by atoms with van der Waals surface area (Å²) in [5, 5.41) is 6.22. The number of carbonyl (C=O) groups is 1. The molecule has 2 aromatic carbocycles. The first-order valence-corrected chi connectivity index (χ1v) is 7.32. The summed E-state index contributed by atoms with van der Waals surface area (Å²) >= 11 is 0. The van der Waals surface area contributed by atoms with Crippen molar-refractivity contribution in [1.82, 2.24) is 0 Å². The van der Waals surface area contributed by atoms with Crippen molar-refractivity contribution in [3.8, 4) is 0 Å². The van der Waals surface area contributed by atoms with E-state index in [1.807, 2.05) is 49.4 Å². The molecular weight excluding hydrogens is 260 g/mol. The lowest BCUT2D eigenvalue weighted by atomic mass is 10.1. The number of nitrogens with one attached hydrogen (secondary N) is 2. The van der Waals surface area contributed by atoms with E-state index in [2.05, 4.69) is 24.5 Å². The molecule has 2 rings (SSSR count). The fraction of sp³-hybridized carbons (Fsp3) is 0.278. The Hall–Kier alpha value is -2.29. The van der Waals surface area contributed by atoms with Gasteiger partial charge in [0, 0.05) is 23.5 Å². The highest BCUT2D eigenvalue weighted by Gasteiger charge is 2.06. The van der Waals surface area contributed by atoms with E-state index in [0.29, 0.717) is 5.56 Å². The number of carbonyl (C=O) groups excluding carboxylic acids is 1. The van der Waals surface area contributed by atoms with Gasteiger partial charge in [-0.3, -0.25) is 4.79 Å². The lowest BCUT2D eigenvalue weighted by molar-refractivity contribution is 0.102. The fourth-order valence-electron chi connectivity index (χ4n) is 2.03. The molecule has 0 saturated carbocycles. The number of rotatable bonds is 5. The van der Waals surface area contributed by atoms with Crippen molar-refractivity contribution in [3.05, 3.63) is 59.2 Å². The molecule has 0 fully saturated rings. The molecule has 3 heteroatoms. The van der Waals surface area contributed by atoms with Gasteiger partial charge >= 0.3 is 0 Å². The standard InChI is InChI=1S/C18H22N2O/c1-4-11-19-16-9-6-15(7-10-16)18(21)20-17-8-5-13(2)14(3)12-17/h5-10,12,19H,4,11H2,1-3H3,(H,20,21). The Labute approximate surface area is 126 Å². The quantitative estimate of drug-likeness (QED) is 0.854. The van der Waals surface area contributed by atoms with Gasteiger partial charge in [-0.15, -0.1) is 0 Å². The van der Waals surface area contributed by atoms with Crippen LogP contribution in [0.1, 0.15) is 34.8 Å². The zero-order valence-corrected chi connectivity index (χ0v) is 12.9. The smallest absolute Gasteiger partial charge is 0.255 e. The van der Waals surface area contributed by atoms with Crippen molar-refractivity contribution in [2.75, 3.05) is 17.2 Å². The summed E-state index contributed by atoms with van der Waals surface area (Å²) in [5.74, 6) is -0.0831. The number of benzene rings is 2. The lowest BCUT2D eigenvalue weighted by Gasteiger charge is -2.09. The van der Waals surface area contributed by atoms with Crippen LogP contribution in [-0.4, -0.2) is 12.5 Å². The molecule has 110 valence electrons. The van der Waals surface area contributed by atoms with Gasteiger partial charge in [0.1, 0.15) is 0 Å². The molecule has 2 N–H and O–H groups in total. The molecule has 3 nitrogen and oxygen atoms in total. The molecule has 0 aromatic heterocycles. The Morgan fingerprint density at radius 2 is 1.62 bits per heavy atom. The predicted octanol–water partition coefficient (Wildman–Crippen LogP) is 4.38. The maximum absolute atomic E-state index is 12.2. The van der Waals surface area contributed by atoms with Gasteiger partial charge in [-0.25, -0.2) is 0 Å². The lowest BCUT2D eigenvalue weighted by Crippen LogP contribution is -2.12.